The molecule has 0 unspecified atom stereocenters. The van der Waals surface area contributed by atoms with Gasteiger partial charge < -0.3 is 4.90 Å². The minimum Gasteiger partial charge on any atom is -0.319 e. The molecule has 0 saturated carbocycles. The molecule has 1 N–H and O–H groups in total. The first-order valence-corrected chi connectivity index (χ1v) is 7.73. The van der Waals surface area contributed by atoms with Crippen LogP contribution in [0.5, 0.6) is 0 Å². The Bertz CT molecular complexity index is 637. The topological polar surface area (TPSA) is 32.3 Å². The molecule has 0 spiro atoms. The highest BCUT2D eigenvalue weighted by molar-refractivity contribution is 5.85. The van der Waals surface area contributed by atoms with E-state index in [1.54, 1.807) is 0 Å². The van der Waals surface area contributed by atoms with Crippen LogP contribution in [0.15, 0.2) is 60.7 Å². The van der Waals surface area contributed by atoms with E-state index in [0.717, 1.165) is 12.0 Å². The van der Waals surface area contributed by atoms with Gasteiger partial charge in [-0.3, -0.25) is 10.1 Å². The standard InChI is InChI=1S/C19H22N2O/c1-19(2)20-17(13-15-9-5-3-6-10-15)18(22)21(19)14-16-11-7-4-8-12-16/h3-12,17,20H,13-14H2,1-2H3/t17-/m0/s1. The second-order valence-electron chi connectivity index (χ2n) is 6.36. The molecule has 1 fully saturated rings. The molecular weight excluding hydrogens is 272 g/mol. The van der Waals surface area contributed by atoms with Crippen LogP contribution < -0.4 is 5.32 Å². The van der Waals surface area contributed by atoms with Crippen molar-refractivity contribution in [3.05, 3.63) is 71.8 Å². The number of hydrogen-bond donors (Lipinski definition) is 1. The van der Waals surface area contributed by atoms with Gasteiger partial charge in [-0.1, -0.05) is 60.7 Å². The van der Waals surface area contributed by atoms with Gasteiger partial charge in [-0.25, -0.2) is 0 Å². The van der Waals surface area contributed by atoms with E-state index in [1.807, 2.05) is 41.3 Å². The number of nitrogens with zero attached hydrogens (tertiary/aromatic N) is 1. The third-order valence-electron chi connectivity index (χ3n) is 4.23. The molecule has 1 aliphatic rings. The highest BCUT2D eigenvalue weighted by Gasteiger charge is 2.43. The number of carbonyl (C=O) groups is 1. The van der Waals surface area contributed by atoms with Crippen LogP contribution in [0.4, 0.5) is 0 Å². The Kier molecular flexibility index (Phi) is 3.99. The molecule has 1 heterocycles. The Balaban J connectivity index is 1.76. The van der Waals surface area contributed by atoms with Gasteiger partial charge in [-0.05, 0) is 31.4 Å². The van der Waals surface area contributed by atoms with Gasteiger partial charge in [0.05, 0.1) is 11.7 Å². The fourth-order valence-electron chi connectivity index (χ4n) is 3.06. The van der Waals surface area contributed by atoms with Crippen molar-refractivity contribution in [3.63, 3.8) is 0 Å². The Morgan fingerprint density at radius 1 is 0.955 bits per heavy atom. The van der Waals surface area contributed by atoms with Crippen molar-refractivity contribution >= 4 is 5.91 Å². The van der Waals surface area contributed by atoms with Crippen molar-refractivity contribution in [2.75, 3.05) is 0 Å². The van der Waals surface area contributed by atoms with Crippen molar-refractivity contribution < 1.29 is 4.79 Å². The van der Waals surface area contributed by atoms with Crippen molar-refractivity contribution in [3.8, 4) is 0 Å². The van der Waals surface area contributed by atoms with Crippen molar-refractivity contribution in [2.45, 2.75) is 38.5 Å². The highest BCUT2D eigenvalue weighted by Crippen LogP contribution is 2.25. The molecule has 114 valence electrons. The summed E-state index contributed by atoms with van der Waals surface area (Å²) in [5, 5.41) is 3.48. The van der Waals surface area contributed by atoms with E-state index < -0.39 is 0 Å². The van der Waals surface area contributed by atoms with Gasteiger partial charge in [0, 0.05) is 6.54 Å². The van der Waals surface area contributed by atoms with E-state index >= 15 is 0 Å². The zero-order valence-electron chi connectivity index (χ0n) is 13.1. The molecule has 2 aromatic carbocycles. The number of hydrogen-bond acceptors (Lipinski definition) is 2. The lowest BCUT2D eigenvalue weighted by molar-refractivity contribution is -0.132. The van der Waals surface area contributed by atoms with Crippen LogP contribution in [0, 0.1) is 0 Å². The van der Waals surface area contributed by atoms with Gasteiger partial charge >= 0.3 is 0 Å². The maximum absolute atomic E-state index is 12.8. The lowest BCUT2D eigenvalue weighted by Crippen LogP contribution is -2.46. The van der Waals surface area contributed by atoms with E-state index in [-0.39, 0.29) is 17.6 Å². The van der Waals surface area contributed by atoms with Crippen LogP contribution >= 0.6 is 0 Å². The third-order valence-corrected chi connectivity index (χ3v) is 4.23. The minimum absolute atomic E-state index is 0.152. The normalized spacial score (nSPS) is 20.4. The largest absolute Gasteiger partial charge is 0.319 e. The van der Waals surface area contributed by atoms with E-state index in [4.69, 9.17) is 0 Å². The zero-order valence-corrected chi connectivity index (χ0v) is 13.1. The van der Waals surface area contributed by atoms with Gasteiger partial charge in [0.1, 0.15) is 0 Å². The predicted molar refractivity (Wildman–Crippen MR) is 88.1 cm³/mol. The maximum Gasteiger partial charge on any atom is 0.241 e. The second-order valence-corrected chi connectivity index (χ2v) is 6.36. The number of carbonyl (C=O) groups excluding carboxylic acids is 1. The number of nitrogens with one attached hydrogen (secondary N) is 1. The van der Waals surface area contributed by atoms with Crippen LogP contribution in [0.2, 0.25) is 0 Å². The van der Waals surface area contributed by atoms with Crippen molar-refractivity contribution in [2.24, 2.45) is 0 Å². The minimum atomic E-state index is -0.327. The van der Waals surface area contributed by atoms with Gasteiger partial charge in [-0.2, -0.15) is 0 Å². The molecule has 2 aromatic rings. The summed E-state index contributed by atoms with van der Waals surface area (Å²) in [7, 11) is 0. The molecular formula is C19H22N2O. The third kappa shape index (κ3) is 3.04. The maximum atomic E-state index is 12.8. The number of rotatable bonds is 4. The average Bonchev–Trinajstić information content (AvgIpc) is 2.72. The molecule has 0 aliphatic carbocycles. The fraction of sp³-hybridized carbons (Fsp3) is 0.316. The van der Waals surface area contributed by atoms with Crippen LogP contribution in [0.3, 0.4) is 0 Å². The van der Waals surface area contributed by atoms with Gasteiger partial charge in [0.25, 0.3) is 0 Å². The second kappa shape index (κ2) is 5.93. The van der Waals surface area contributed by atoms with Crippen LogP contribution in [0.1, 0.15) is 25.0 Å². The van der Waals surface area contributed by atoms with E-state index in [1.165, 1.54) is 5.56 Å². The summed E-state index contributed by atoms with van der Waals surface area (Å²) in [4.78, 5) is 14.7. The van der Waals surface area contributed by atoms with Gasteiger partial charge in [0.2, 0.25) is 5.91 Å². The summed E-state index contributed by atoms with van der Waals surface area (Å²) in [5.74, 6) is 0.178. The SMILES string of the molecule is CC1(C)N[C@@H](Cc2ccccc2)C(=O)N1Cc1ccccc1. The summed E-state index contributed by atoms with van der Waals surface area (Å²) >= 11 is 0. The Labute approximate surface area is 132 Å². The van der Waals surface area contributed by atoms with Crippen molar-refractivity contribution in [1.82, 2.24) is 10.2 Å². The summed E-state index contributed by atoms with van der Waals surface area (Å²) in [6.07, 6.45) is 0.731. The predicted octanol–water partition coefficient (Wildman–Crippen LogP) is 2.97. The molecule has 1 aliphatic heterocycles. The molecule has 1 saturated heterocycles. The summed E-state index contributed by atoms with van der Waals surface area (Å²) in [6, 6.07) is 20.2. The molecule has 1 amide bonds. The summed E-state index contributed by atoms with van der Waals surface area (Å²) < 4.78 is 0. The van der Waals surface area contributed by atoms with E-state index in [0.29, 0.717) is 6.54 Å². The summed E-state index contributed by atoms with van der Waals surface area (Å²) in [5.41, 5.74) is 2.02. The lowest BCUT2D eigenvalue weighted by Gasteiger charge is -2.31. The molecule has 1 atom stereocenters. The Morgan fingerprint density at radius 3 is 2.09 bits per heavy atom. The first-order chi connectivity index (χ1) is 10.6. The molecule has 3 nitrogen and oxygen atoms in total. The lowest BCUT2D eigenvalue weighted by atomic mass is 10.1. The first kappa shape index (κ1) is 14.8. The van der Waals surface area contributed by atoms with Crippen LogP contribution in [-0.4, -0.2) is 22.5 Å². The van der Waals surface area contributed by atoms with Crippen LogP contribution in [-0.2, 0) is 17.8 Å². The highest BCUT2D eigenvalue weighted by atomic mass is 16.2. The molecule has 3 heteroatoms. The van der Waals surface area contributed by atoms with E-state index in [9.17, 15) is 4.79 Å². The molecule has 0 aromatic heterocycles. The molecule has 0 bridgehead atoms. The molecule has 3 rings (SSSR count). The Morgan fingerprint density at radius 2 is 1.50 bits per heavy atom. The zero-order chi connectivity index (χ0) is 15.6. The summed E-state index contributed by atoms with van der Waals surface area (Å²) in [6.45, 7) is 4.78. The average molecular weight is 294 g/mol. The quantitative estimate of drug-likeness (QED) is 0.940. The Hall–Kier alpha value is -2.13. The molecule has 22 heavy (non-hydrogen) atoms. The van der Waals surface area contributed by atoms with Gasteiger partial charge in [0.15, 0.2) is 0 Å². The fourth-order valence-corrected chi connectivity index (χ4v) is 3.06. The number of benzene rings is 2. The van der Waals surface area contributed by atoms with Gasteiger partial charge in [-0.15, -0.1) is 0 Å². The molecule has 0 radical (unpaired) electrons. The van der Waals surface area contributed by atoms with Crippen LogP contribution in [0.25, 0.3) is 0 Å². The smallest absolute Gasteiger partial charge is 0.241 e. The number of amides is 1. The van der Waals surface area contributed by atoms with E-state index in [2.05, 4.69) is 43.4 Å². The van der Waals surface area contributed by atoms with Crippen molar-refractivity contribution in [1.29, 1.82) is 0 Å². The first-order valence-electron chi connectivity index (χ1n) is 7.73. The monoisotopic (exact) mass is 294 g/mol.